The van der Waals surface area contributed by atoms with Crippen molar-refractivity contribution in [3.05, 3.63) is 23.9 Å². The molecule has 3 rings (SSSR count). The van der Waals surface area contributed by atoms with Gasteiger partial charge in [0.15, 0.2) is 5.65 Å². The molecule has 1 aliphatic rings. The molecule has 0 aliphatic carbocycles. The topological polar surface area (TPSA) is 72.6 Å². The van der Waals surface area contributed by atoms with Gasteiger partial charge >= 0.3 is 0 Å². The highest BCUT2D eigenvalue weighted by atomic mass is 16.5. The largest absolute Gasteiger partial charge is 0.377 e. The minimum Gasteiger partial charge on any atom is -0.377 e. The number of rotatable bonds is 3. The van der Waals surface area contributed by atoms with Gasteiger partial charge in [0.25, 0.3) is 5.91 Å². The summed E-state index contributed by atoms with van der Waals surface area (Å²) in [6.45, 7) is 6.14. The number of pyridine rings is 1. The second-order valence-corrected chi connectivity index (χ2v) is 5.76. The molecule has 1 aliphatic heterocycles. The minimum atomic E-state index is 0.0151. The van der Waals surface area contributed by atoms with E-state index in [1.165, 1.54) is 4.52 Å². The monoisotopic (exact) mass is 289 g/mol. The van der Waals surface area contributed by atoms with Gasteiger partial charge in [-0.1, -0.05) is 13.8 Å². The first-order valence-corrected chi connectivity index (χ1v) is 7.21. The number of amides is 1. The van der Waals surface area contributed by atoms with Gasteiger partial charge in [0.05, 0.1) is 24.8 Å². The third-order valence-corrected chi connectivity index (χ3v) is 3.67. The van der Waals surface area contributed by atoms with E-state index < -0.39 is 0 Å². The van der Waals surface area contributed by atoms with Gasteiger partial charge in [0, 0.05) is 12.7 Å². The standard InChI is InChI=1S/C14H19N5O2/c1-10(2)7-12-9-21-6-5-18(12)14(20)11-3-4-13-15-16-17-19(13)8-11/h3-4,8,10,12H,5-7,9H2,1-2H3/t12-/m0/s1. The molecule has 0 radical (unpaired) electrons. The van der Waals surface area contributed by atoms with Gasteiger partial charge in [-0.05, 0) is 34.9 Å². The van der Waals surface area contributed by atoms with E-state index in [0.717, 1.165) is 6.42 Å². The maximum absolute atomic E-state index is 12.7. The van der Waals surface area contributed by atoms with Crippen LogP contribution in [0, 0.1) is 5.92 Å². The number of hydrogen-bond acceptors (Lipinski definition) is 5. The van der Waals surface area contributed by atoms with Crippen LogP contribution in [0.15, 0.2) is 18.3 Å². The van der Waals surface area contributed by atoms with Crippen LogP contribution in [0.25, 0.3) is 5.65 Å². The molecule has 0 bridgehead atoms. The number of carbonyl (C=O) groups is 1. The average molecular weight is 289 g/mol. The van der Waals surface area contributed by atoms with Crippen LogP contribution in [0.1, 0.15) is 30.6 Å². The van der Waals surface area contributed by atoms with E-state index in [9.17, 15) is 4.79 Å². The molecule has 7 heteroatoms. The van der Waals surface area contributed by atoms with Crippen molar-refractivity contribution in [2.24, 2.45) is 5.92 Å². The molecule has 0 saturated carbocycles. The zero-order valence-electron chi connectivity index (χ0n) is 12.3. The van der Waals surface area contributed by atoms with Crippen molar-refractivity contribution in [3.8, 4) is 0 Å². The number of morpholine rings is 1. The summed E-state index contributed by atoms with van der Waals surface area (Å²) in [6.07, 6.45) is 2.62. The van der Waals surface area contributed by atoms with Crippen molar-refractivity contribution in [2.75, 3.05) is 19.8 Å². The summed E-state index contributed by atoms with van der Waals surface area (Å²) < 4.78 is 7.04. The summed E-state index contributed by atoms with van der Waals surface area (Å²) >= 11 is 0. The number of nitrogens with zero attached hydrogens (tertiary/aromatic N) is 5. The molecule has 0 N–H and O–H groups in total. The van der Waals surface area contributed by atoms with E-state index in [-0.39, 0.29) is 11.9 Å². The molecule has 112 valence electrons. The highest BCUT2D eigenvalue weighted by molar-refractivity contribution is 5.94. The van der Waals surface area contributed by atoms with E-state index >= 15 is 0 Å². The van der Waals surface area contributed by atoms with Gasteiger partial charge in [-0.2, -0.15) is 4.52 Å². The summed E-state index contributed by atoms with van der Waals surface area (Å²) in [5, 5.41) is 11.3. The highest BCUT2D eigenvalue weighted by Crippen LogP contribution is 2.18. The fourth-order valence-electron chi connectivity index (χ4n) is 2.70. The molecule has 2 aromatic heterocycles. The van der Waals surface area contributed by atoms with Crippen molar-refractivity contribution in [1.82, 2.24) is 24.9 Å². The van der Waals surface area contributed by atoms with Crippen LogP contribution in [0.2, 0.25) is 0 Å². The van der Waals surface area contributed by atoms with Gasteiger partial charge in [-0.15, -0.1) is 5.10 Å². The maximum Gasteiger partial charge on any atom is 0.255 e. The summed E-state index contributed by atoms with van der Waals surface area (Å²) in [6, 6.07) is 3.66. The van der Waals surface area contributed by atoms with E-state index in [2.05, 4.69) is 29.4 Å². The molecule has 7 nitrogen and oxygen atoms in total. The molecule has 1 atom stereocenters. The Morgan fingerprint density at radius 1 is 1.48 bits per heavy atom. The van der Waals surface area contributed by atoms with Gasteiger partial charge < -0.3 is 9.64 Å². The van der Waals surface area contributed by atoms with Crippen LogP contribution in [-0.4, -0.2) is 56.6 Å². The van der Waals surface area contributed by atoms with Crippen molar-refractivity contribution in [2.45, 2.75) is 26.3 Å². The minimum absolute atomic E-state index is 0.0151. The van der Waals surface area contributed by atoms with Crippen molar-refractivity contribution < 1.29 is 9.53 Å². The molecule has 3 heterocycles. The molecule has 21 heavy (non-hydrogen) atoms. The highest BCUT2D eigenvalue weighted by Gasteiger charge is 2.28. The predicted octanol–water partition coefficient (Wildman–Crippen LogP) is 1.01. The van der Waals surface area contributed by atoms with Crippen LogP contribution in [0.4, 0.5) is 0 Å². The predicted molar refractivity (Wildman–Crippen MR) is 75.9 cm³/mol. The molecule has 0 spiro atoms. The van der Waals surface area contributed by atoms with E-state index in [0.29, 0.717) is 36.9 Å². The van der Waals surface area contributed by atoms with Crippen LogP contribution < -0.4 is 0 Å². The molecule has 2 aromatic rings. The Morgan fingerprint density at radius 3 is 3.14 bits per heavy atom. The zero-order chi connectivity index (χ0) is 14.8. The molecule has 1 fully saturated rings. The Labute approximate surface area is 122 Å². The molecule has 1 saturated heterocycles. The van der Waals surface area contributed by atoms with E-state index in [1.807, 2.05) is 4.90 Å². The fraction of sp³-hybridized carbons (Fsp3) is 0.571. The lowest BCUT2D eigenvalue weighted by atomic mass is 10.0. The first-order chi connectivity index (χ1) is 10.1. The number of fused-ring (bicyclic) bond motifs is 1. The summed E-state index contributed by atoms with van der Waals surface area (Å²) in [5.41, 5.74) is 1.23. The van der Waals surface area contributed by atoms with Gasteiger partial charge in [-0.3, -0.25) is 4.79 Å². The van der Waals surface area contributed by atoms with Crippen molar-refractivity contribution >= 4 is 11.6 Å². The van der Waals surface area contributed by atoms with Gasteiger partial charge in [0.1, 0.15) is 0 Å². The van der Waals surface area contributed by atoms with Crippen molar-refractivity contribution in [1.29, 1.82) is 0 Å². The lowest BCUT2D eigenvalue weighted by Crippen LogP contribution is -2.49. The third kappa shape index (κ3) is 2.87. The Kier molecular flexibility index (Phi) is 3.83. The first kappa shape index (κ1) is 13.9. The van der Waals surface area contributed by atoms with E-state index in [4.69, 9.17) is 4.74 Å². The number of hydrogen-bond donors (Lipinski definition) is 0. The molecular weight excluding hydrogens is 270 g/mol. The van der Waals surface area contributed by atoms with Crippen LogP contribution in [-0.2, 0) is 4.74 Å². The molecule has 1 amide bonds. The first-order valence-electron chi connectivity index (χ1n) is 7.21. The van der Waals surface area contributed by atoms with Gasteiger partial charge in [0.2, 0.25) is 0 Å². The number of aromatic nitrogens is 4. The molecular formula is C14H19N5O2. The normalized spacial score (nSPS) is 19.4. The van der Waals surface area contributed by atoms with Crippen LogP contribution >= 0.6 is 0 Å². The molecule has 0 aromatic carbocycles. The summed E-state index contributed by atoms with van der Waals surface area (Å²) in [5.74, 6) is 0.537. The Bertz CT molecular complexity index is 639. The number of ether oxygens (including phenoxy) is 1. The Morgan fingerprint density at radius 2 is 2.33 bits per heavy atom. The number of tetrazole rings is 1. The maximum atomic E-state index is 12.7. The lowest BCUT2D eigenvalue weighted by Gasteiger charge is -2.36. The molecule has 0 unspecified atom stereocenters. The SMILES string of the molecule is CC(C)C[C@H]1COCCN1C(=O)c1ccc2nnnn2c1. The zero-order valence-corrected chi connectivity index (χ0v) is 12.3. The van der Waals surface area contributed by atoms with Crippen LogP contribution in [0.5, 0.6) is 0 Å². The third-order valence-electron chi connectivity index (χ3n) is 3.67. The Hall–Kier alpha value is -2.02. The quantitative estimate of drug-likeness (QED) is 0.843. The number of carbonyl (C=O) groups excluding carboxylic acids is 1. The van der Waals surface area contributed by atoms with E-state index in [1.54, 1.807) is 18.3 Å². The van der Waals surface area contributed by atoms with Crippen LogP contribution in [0.3, 0.4) is 0 Å². The summed E-state index contributed by atoms with van der Waals surface area (Å²) in [7, 11) is 0. The summed E-state index contributed by atoms with van der Waals surface area (Å²) in [4.78, 5) is 14.7. The Balaban J connectivity index is 1.84. The van der Waals surface area contributed by atoms with Crippen molar-refractivity contribution in [3.63, 3.8) is 0 Å². The van der Waals surface area contributed by atoms with Gasteiger partial charge in [-0.25, -0.2) is 0 Å². The fourth-order valence-corrected chi connectivity index (χ4v) is 2.70. The second kappa shape index (κ2) is 5.77. The smallest absolute Gasteiger partial charge is 0.255 e. The second-order valence-electron chi connectivity index (χ2n) is 5.76. The lowest BCUT2D eigenvalue weighted by molar-refractivity contribution is -0.00749. The average Bonchev–Trinajstić information content (AvgIpc) is 2.94.